The zero-order valence-electron chi connectivity index (χ0n) is 16.6. The number of thioether (sulfide) groups is 1. The van der Waals surface area contributed by atoms with Gasteiger partial charge in [-0.2, -0.15) is 0 Å². The summed E-state index contributed by atoms with van der Waals surface area (Å²) in [5.41, 5.74) is 2.05. The van der Waals surface area contributed by atoms with Crippen molar-refractivity contribution in [3.8, 4) is 5.75 Å². The van der Waals surface area contributed by atoms with Gasteiger partial charge in [-0.25, -0.2) is 9.79 Å². The number of carbonyl (C=O) groups excluding carboxylic acids is 1. The largest absolute Gasteiger partial charge is 0.488 e. The Labute approximate surface area is 193 Å². The van der Waals surface area contributed by atoms with Crippen LogP contribution in [-0.2, 0) is 11.4 Å². The number of nitrogens with zero attached hydrogens (tertiary/aromatic N) is 1. The summed E-state index contributed by atoms with van der Waals surface area (Å²) in [6.07, 6.45) is 1.73. The Morgan fingerprint density at radius 2 is 1.78 bits per heavy atom. The molecule has 1 fully saturated rings. The van der Waals surface area contributed by atoms with Gasteiger partial charge in [0.2, 0.25) is 0 Å². The Morgan fingerprint density at radius 1 is 1.06 bits per heavy atom. The number of carboxylic acid groups (broad SMARTS) is 1. The van der Waals surface area contributed by atoms with Gasteiger partial charge in [0, 0.05) is 10.6 Å². The molecular formula is C24H17ClN2O4S. The predicted molar refractivity (Wildman–Crippen MR) is 126 cm³/mol. The number of amidine groups is 1. The first-order valence-electron chi connectivity index (χ1n) is 9.58. The van der Waals surface area contributed by atoms with Crippen LogP contribution >= 0.6 is 23.4 Å². The number of para-hydroxylation sites is 2. The summed E-state index contributed by atoms with van der Waals surface area (Å²) in [7, 11) is 0. The molecule has 3 aromatic carbocycles. The standard InChI is InChI=1S/C24H17ClN2O4S/c25-17-11-9-15(10-12-17)14-31-20-8-4-1-5-16(20)13-21-22(28)27-24(32-21)26-19-7-3-2-6-18(19)23(29)30/h1-13H,14H2,(H,29,30)(H,26,27,28)/b21-13-. The number of aliphatic imine (C=N–C) groups is 1. The highest BCUT2D eigenvalue weighted by Gasteiger charge is 2.25. The fourth-order valence-corrected chi connectivity index (χ4v) is 3.91. The first-order chi connectivity index (χ1) is 15.5. The van der Waals surface area contributed by atoms with Crippen LogP contribution < -0.4 is 10.1 Å². The van der Waals surface area contributed by atoms with E-state index in [9.17, 15) is 14.7 Å². The normalized spacial score (nSPS) is 15.7. The Bertz CT molecular complexity index is 1240. The molecule has 32 heavy (non-hydrogen) atoms. The van der Waals surface area contributed by atoms with Crippen molar-refractivity contribution >= 4 is 52.2 Å². The van der Waals surface area contributed by atoms with Crippen LogP contribution in [0.25, 0.3) is 6.08 Å². The third kappa shape index (κ3) is 5.19. The second-order valence-electron chi connectivity index (χ2n) is 6.76. The molecule has 1 amide bonds. The van der Waals surface area contributed by atoms with Crippen molar-refractivity contribution in [1.82, 2.24) is 5.32 Å². The average Bonchev–Trinajstić information content (AvgIpc) is 3.13. The van der Waals surface area contributed by atoms with Gasteiger partial charge in [-0.05, 0) is 53.7 Å². The van der Waals surface area contributed by atoms with Crippen LogP contribution in [0.4, 0.5) is 5.69 Å². The first-order valence-corrected chi connectivity index (χ1v) is 10.8. The molecule has 1 aliphatic heterocycles. The van der Waals surface area contributed by atoms with E-state index in [2.05, 4.69) is 10.3 Å². The molecule has 0 bridgehead atoms. The van der Waals surface area contributed by atoms with Gasteiger partial charge in [0.25, 0.3) is 5.91 Å². The van der Waals surface area contributed by atoms with Crippen LogP contribution in [0, 0.1) is 0 Å². The maximum atomic E-state index is 12.5. The number of hydrogen-bond donors (Lipinski definition) is 2. The molecule has 1 saturated heterocycles. The zero-order chi connectivity index (χ0) is 22.5. The molecule has 3 aromatic rings. The van der Waals surface area contributed by atoms with Gasteiger partial charge in [-0.1, -0.05) is 54.1 Å². The highest BCUT2D eigenvalue weighted by atomic mass is 35.5. The molecular weight excluding hydrogens is 448 g/mol. The third-order valence-electron chi connectivity index (χ3n) is 4.52. The number of ether oxygens (including phenoxy) is 1. The number of nitrogens with one attached hydrogen (secondary N) is 1. The SMILES string of the molecule is O=C1NC(=Nc2ccccc2C(=O)O)S/C1=C\c1ccccc1OCc1ccc(Cl)cc1. The number of benzene rings is 3. The lowest BCUT2D eigenvalue weighted by molar-refractivity contribution is -0.115. The highest BCUT2D eigenvalue weighted by Crippen LogP contribution is 2.31. The fourth-order valence-electron chi connectivity index (χ4n) is 2.96. The minimum atomic E-state index is -1.08. The number of hydrogen-bond acceptors (Lipinski definition) is 5. The van der Waals surface area contributed by atoms with Crippen molar-refractivity contribution in [3.05, 3.63) is 99.4 Å². The number of halogens is 1. The molecule has 0 atom stereocenters. The van der Waals surface area contributed by atoms with Gasteiger partial charge < -0.3 is 15.2 Å². The fraction of sp³-hybridized carbons (Fsp3) is 0.0417. The lowest BCUT2D eigenvalue weighted by Gasteiger charge is -2.09. The second-order valence-corrected chi connectivity index (χ2v) is 8.22. The van der Waals surface area contributed by atoms with Gasteiger partial charge in [0.1, 0.15) is 12.4 Å². The van der Waals surface area contributed by atoms with E-state index < -0.39 is 5.97 Å². The van der Waals surface area contributed by atoms with E-state index in [0.29, 0.717) is 27.5 Å². The average molecular weight is 465 g/mol. The Balaban J connectivity index is 1.54. The number of carboxylic acids is 1. The summed E-state index contributed by atoms with van der Waals surface area (Å²) in [6, 6.07) is 21.2. The van der Waals surface area contributed by atoms with Crippen molar-refractivity contribution in [1.29, 1.82) is 0 Å². The smallest absolute Gasteiger partial charge is 0.337 e. The van der Waals surface area contributed by atoms with Crippen molar-refractivity contribution in [2.75, 3.05) is 0 Å². The third-order valence-corrected chi connectivity index (χ3v) is 5.68. The van der Waals surface area contributed by atoms with Crippen molar-refractivity contribution < 1.29 is 19.4 Å². The van der Waals surface area contributed by atoms with Crippen LogP contribution in [0.2, 0.25) is 5.02 Å². The molecule has 160 valence electrons. The number of rotatable bonds is 6. The van der Waals surface area contributed by atoms with Crippen LogP contribution in [0.5, 0.6) is 5.75 Å². The summed E-state index contributed by atoms with van der Waals surface area (Å²) in [5.74, 6) is -0.763. The summed E-state index contributed by atoms with van der Waals surface area (Å²) in [6.45, 7) is 0.357. The molecule has 8 heteroatoms. The van der Waals surface area contributed by atoms with E-state index in [0.717, 1.165) is 22.9 Å². The van der Waals surface area contributed by atoms with Crippen molar-refractivity contribution in [3.63, 3.8) is 0 Å². The molecule has 0 spiro atoms. The molecule has 6 nitrogen and oxygen atoms in total. The quantitative estimate of drug-likeness (QED) is 0.470. The Hall–Kier alpha value is -3.55. The molecule has 0 aromatic heterocycles. The van der Waals surface area contributed by atoms with Crippen molar-refractivity contribution in [2.45, 2.75) is 6.61 Å². The van der Waals surface area contributed by atoms with Crippen LogP contribution in [0.1, 0.15) is 21.5 Å². The molecule has 0 saturated carbocycles. The predicted octanol–water partition coefficient (Wildman–Crippen LogP) is 5.51. The summed E-state index contributed by atoms with van der Waals surface area (Å²) < 4.78 is 5.95. The number of amides is 1. The molecule has 0 aliphatic carbocycles. The summed E-state index contributed by atoms with van der Waals surface area (Å²) >= 11 is 7.06. The van der Waals surface area contributed by atoms with Gasteiger partial charge in [-0.15, -0.1) is 0 Å². The minimum absolute atomic E-state index is 0.0632. The van der Waals surface area contributed by atoms with Crippen LogP contribution in [-0.4, -0.2) is 22.2 Å². The number of aromatic carboxylic acids is 1. The topological polar surface area (TPSA) is 88.0 Å². The van der Waals surface area contributed by atoms with Gasteiger partial charge in [-0.3, -0.25) is 4.79 Å². The van der Waals surface area contributed by atoms with Crippen LogP contribution in [0.3, 0.4) is 0 Å². The van der Waals surface area contributed by atoms with Gasteiger partial charge >= 0.3 is 5.97 Å². The maximum Gasteiger partial charge on any atom is 0.337 e. The van der Waals surface area contributed by atoms with Crippen LogP contribution in [0.15, 0.2) is 82.7 Å². The second kappa shape index (κ2) is 9.72. The van der Waals surface area contributed by atoms with E-state index >= 15 is 0 Å². The Morgan fingerprint density at radius 3 is 2.56 bits per heavy atom. The summed E-state index contributed by atoms with van der Waals surface area (Å²) in [4.78, 5) is 28.6. The molecule has 2 N–H and O–H groups in total. The molecule has 1 aliphatic rings. The number of carbonyl (C=O) groups is 2. The minimum Gasteiger partial charge on any atom is -0.488 e. The zero-order valence-corrected chi connectivity index (χ0v) is 18.2. The molecule has 4 rings (SSSR count). The van der Waals surface area contributed by atoms with E-state index in [1.54, 1.807) is 36.4 Å². The maximum absolute atomic E-state index is 12.5. The molecule has 0 unspecified atom stereocenters. The lowest BCUT2D eigenvalue weighted by Crippen LogP contribution is -2.19. The van der Waals surface area contributed by atoms with E-state index in [1.165, 1.54) is 6.07 Å². The Kier molecular flexibility index (Phi) is 6.58. The van der Waals surface area contributed by atoms with Crippen molar-refractivity contribution in [2.24, 2.45) is 4.99 Å². The molecule has 1 heterocycles. The van der Waals surface area contributed by atoms with Gasteiger partial charge in [0.15, 0.2) is 5.17 Å². The van der Waals surface area contributed by atoms with E-state index in [4.69, 9.17) is 16.3 Å². The first kappa shape index (κ1) is 21.7. The lowest BCUT2D eigenvalue weighted by atomic mass is 10.2. The monoisotopic (exact) mass is 464 g/mol. The van der Waals surface area contributed by atoms with E-state index in [-0.39, 0.29) is 17.2 Å². The summed E-state index contributed by atoms with van der Waals surface area (Å²) in [5, 5.41) is 13.0. The highest BCUT2D eigenvalue weighted by molar-refractivity contribution is 8.18. The molecule has 0 radical (unpaired) electrons. The van der Waals surface area contributed by atoms with Gasteiger partial charge in [0.05, 0.1) is 16.2 Å². The van der Waals surface area contributed by atoms with E-state index in [1.807, 2.05) is 36.4 Å².